The molecule has 0 heterocycles. The minimum Gasteiger partial charge on any atom is -0.480 e. The molecule has 0 spiro atoms. The Labute approximate surface area is 117 Å². The van der Waals surface area contributed by atoms with E-state index in [4.69, 9.17) is 5.11 Å². The van der Waals surface area contributed by atoms with Gasteiger partial charge in [0.2, 0.25) is 5.91 Å². The highest BCUT2D eigenvalue weighted by molar-refractivity contribution is 7.99. The number of nitrogens with one attached hydrogen (secondary N) is 1. The van der Waals surface area contributed by atoms with Crippen LogP contribution in [0.25, 0.3) is 0 Å². The van der Waals surface area contributed by atoms with Crippen molar-refractivity contribution in [3.8, 4) is 0 Å². The predicted octanol–water partition coefficient (Wildman–Crippen LogP) is 1.42. The minimum absolute atomic E-state index is 0.0739. The maximum atomic E-state index is 13.2. The van der Waals surface area contributed by atoms with Crippen LogP contribution in [0.15, 0.2) is 23.1 Å². The first-order chi connectivity index (χ1) is 9.29. The molecule has 0 aliphatic carbocycles. The monoisotopic (exact) mass is 302 g/mol. The lowest BCUT2D eigenvalue weighted by Gasteiger charge is -2.12. The SMILES string of the molecule is CC(=O)NC(CSc1cc(F)cc([N+](=O)[O-])c1)C(=O)O. The average Bonchev–Trinajstić information content (AvgIpc) is 2.33. The first kappa shape index (κ1) is 15.9. The second-order valence-corrected chi connectivity index (χ2v) is 4.90. The summed E-state index contributed by atoms with van der Waals surface area (Å²) in [5.41, 5.74) is -0.418. The van der Waals surface area contributed by atoms with Crippen molar-refractivity contribution in [1.29, 1.82) is 0 Å². The van der Waals surface area contributed by atoms with Gasteiger partial charge in [-0.05, 0) is 6.07 Å². The fourth-order valence-electron chi connectivity index (χ4n) is 1.34. The summed E-state index contributed by atoms with van der Waals surface area (Å²) in [7, 11) is 0. The molecule has 20 heavy (non-hydrogen) atoms. The van der Waals surface area contributed by atoms with E-state index in [1.807, 2.05) is 0 Å². The Bertz CT molecular complexity index is 552. The topological polar surface area (TPSA) is 110 Å². The van der Waals surface area contributed by atoms with Crippen molar-refractivity contribution in [2.75, 3.05) is 5.75 Å². The average molecular weight is 302 g/mol. The molecule has 0 radical (unpaired) electrons. The standard InChI is InChI=1S/C11H11FN2O5S/c1-6(15)13-10(11(16)17)5-20-9-3-7(12)2-8(4-9)14(18)19/h2-4,10H,5H2,1H3,(H,13,15)(H,16,17). The molecule has 0 aromatic heterocycles. The molecule has 1 unspecified atom stereocenters. The van der Waals surface area contributed by atoms with Crippen LogP contribution >= 0.6 is 11.8 Å². The molecule has 0 fully saturated rings. The molecular formula is C11H11FN2O5S. The molecule has 0 saturated carbocycles. The third-order valence-corrected chi connectivity index (χ3v) is 3.23. The number of halogens is 1. The van der Waals surface area contributed by atoms with Gasteiger partial charge < -0.3 is 10.4 Å². The number of nitro benzene ring substituents is 1. The number of aliphatic carboxylic acids is 1. The number of hydrogen-bond donors (Lipinski definition) is 2. The molecule has 1 amide bonds. The Kier molecular flexibility index (Phi) is 5.44. The zero-order valence-corrected chi connectivity index (χ0v) is 11.1. The Balaban J connectivity index is 2.79. The number of rotatable bonds is 6. The highest BCUT2D eigenvalue weighted by Crippen LogP contribution is 2.25. The molecule has 1 aromatic carbocycles. The van der Waals surface area contributed by atoms with E-state index >= 15 is 0 Å². The van der Waals surface area contributed by atoms with Gasteiger partial charge >= 0.3 is 5.97 Å². The van der Waals surface area contributed by atoms with E-state index in [-0.39, 0.29) is 10.6 Å². The van der Waals surface area contributed by atoms with Crippen molar-refractivity contribution in [2.45, 2.75) is 17.9 Å². The van der Waals surface area contributed by atoms with Gasteiger partial charge in [-0.2, -0.15) is 0 Å². The third-order valence-electron chi connectivity index (χ3n) is 2.16. The van der Waals surface area contributed by atoms with Crippen molar-refractivity contribution in [1.82, 2.24) is 5.32 Å². The van der Waals surface area contributed by atoms with Crippen LogP contribution < -0.4 is 5.32 Å². The summed E-state index contributed by atoms with van der Waals surface area (Å²) in [6.45, 7) is 1.17. The summed E-state index contributed by atoms with van der Waals surface area (Å²) in [5, 5.41) is 21.7. The van der Waals surface area contributed by atoms with E-state index in [1.54, 1.807) is 0 Å². The fourth-order valence-corrected chi connectivity index (χ4v) is 2.32. The number of carbonyl (C=O) groups is 2. The van der Waals surface area contributed by atoms with Gasteiger partial charge in [-0.25, -0.2) is 9.18 Å². The van der Waals surface area contributed by atoms with Crippen LogP contribution in [-0.4, -0.2) is 33.7 Å². The number of non-ortho nitro benzene ring substituents is 1. The van der Waals surface area contributed by atoms with Gasteiger partial charge in [0.15, 0.2) is 0 Å². The lowest BCUT2D eigenvalue weighted by atomic mass is 10.3. The van der Waals surface area contributed by atoms with E-state index in [9.17, 15) is 24.1 Å². The van der Waals surface area contributed by atoms with Gasteiger partial charge in [0, 0.05) is 23.6 Å². The van der Waals surface area contributed by atoms with E-state index in [2.05, 4.69) is 5.32 Å². The number of carbonyl (C=O) groups excluding carboxylic acids is 1. The molecule has 0 aliphatic rings. The van der Waals surface area contributed by atoms with E-state index in [0.717, 1.165) is 30.0 Å². The van der Waals surface area contributed by atoms with Crippen LogP contribution in [0.2, 0.25) is 0 Å². The van der Waals surface area contributed by atoms with Gasteiger partial charge in [-0.15, -0.1) is 11.8 Å². The number of hydrogen-bond acceptors (Lipinski definition) is 5. The molecule has 108 valence electrons. The summed E-state index contributed by atoms with van der Waals surface area (Å²) in [5.74, 6) is -2.61. The molecule has 0 saturated heterocycles. The van der Waals surface area contributed by atoms with Gasteiger partial charge in [-0.1, -0.05) is 0 Å². The van der Waals surface area contributed by atoms with Gasteiger partial charge in [0.1, 0.15) is 11.9 Å². The second kappa shape index (κ2) is 6.85. The normalized spacial score (nSPS) is 11.7. The highest BCUT2D eigenvalue weighted by Gasteiger charge is 2.19. The van der Waals surface area contributed by atoms with E-state index in [0.29, 0.717) is 0 Å². The zero-order chi connectivity index (χ0) is 15.3. The van der Waals surface area contributed by atoms with Gasteiger partial charge in [-0.3, -0.25) is 14.9 Å². The van der Waals surface area contributed by atoms with Gasteiger partial charge in [0.05, 0.1) is 11.0 Å². The van der Waals surface area contributed by atoms with Crippen LogP contribution in [0.5, 0.6) is 0 Å². The maximum Gasteiger partial charge on any atom is 0.327 e. The molecule has 1 aromatic rings. The zero-order valence-electron chi connectivity index (χ0n) is 10.3. The fraction of sp³-hybridized carbons (Fsp3) is 0.273. The lowest BCUT2D eigenvalue weighted by molar-refractivity contribution is -0.385. The van der Waals surface area contributed by atoms with Crippen molar-refractivity contribution < 1.29 is 24.0 Å². The number of carboxylic acids is 1. The Morgan fingerprint density at radius 3 is 2.65 bits per heavy atom. The summed E-state index contributed by atoms with van der Waals surface area (Å²) in [6.07, 6.45) is 0. The first-order valence-corrected chi connectivity index (χ1v) is 6.36. The number of amides is 1. The maximum absolute atomic E-state index is 13.2. The van der Waals surface area contributed by atoms with E-state index in [1.165, 1.54) is 6.92 Å². The number of thioether (sulfide) groups is 1. The minimum atomic E-state index is -1.24. The number of nitro groups is 1. The summed E-state index contributed by atoms with van der Waals surface area (Å²) in [4.78, 5) is 31.8. The summed E-state index contributed by atoms with van der Waals surface area (Å²) in [6, 6.07) is 1.82. The van der Waals surface area contributed by atoms with E-state index < -0.39 is 34.3 Å². The summed E-state index contributed by atoms with van der Waals surface area (Å²) < 4.78 is 13.2. The smallest absolute Gasteiger partial charge is 0.327 e. The number of benzene rings is 1. The van der Waals surface area contributed by atoms with Crippen molar-refractivity contribution in [3.05, 3.63) is 34.1 Å². The van der Waals surface area contributed by atoms with Crippen LogP contribution in [0.4, 0.5) is 10.1 Å². The Morgan fingerprint density at radius 1 is 1.50 bits per heavy atom. The second-order valence-electron chi connectivity index (χ2n) is 3.80. The van der Waals surface area contributed by atoms with Crippen molar-refractivity contribution >= 4 is 29.3 Å². The van der Waals surface area contributed by atoms with Crippen molar-refractivity contribution in [3.63, 3.8) is 0 Å². The molecule has 0 aliphatic heterocycles. The van der Waals surface area contributed by atoms with Crippen LogP contribution in [0, 0.1) is 15.9 Å². The van der Waals surface area contributed by atoms with Crippen LogP contribution in [0.1, 0.15) is 6.92 Å². The van der Waals surface area contributed by atoms with Crippen LogP contribution in [0.3, 0.4) is 0 Å². The molecule has 9 heteroatoms. The molecule has 2 N–H and O–H groups in total. The largest absolute Gasteiger partial charge is 0.480 e. The Hall–Kier alpha value is -2.16. The van der Waals surface area contributed by atoms with Crippen LogP contribution in [-0.2, 0) is 9.59 Å². The number of nitrogens with zero attached hydrogens (tertiary/aromatic N) is 1. The van der Waals surface area contributed by atoms with Crippen molar-refractivity contribution in [2.24, 2.45) is 0 Å². The molecule has 1 rings (SSSR count). The predicted molar refractivity (Wildman–Crippen MR) is 69.0 cm³/mol. The molecule has 1 atom stereocenters. The van der Waals surface area contributed by atoms with Gasteiger partial charge in [0.25, 0.3) is 5.69 Å². The molecule has 0 bridgehead atoms. The Morgan fingerprint density at radius 2 is 2.15 bits per heavy atom. The molecular weight excluding hydrogens is 291 g/mol. The lowest BCUT2D eigenvalue weighted by Crippen LogP contribution is -2.41. The highest BCUT2D eigenvalue weighted by atomic mass is 32.2. The quantitative estimate of drug-likeness (QED) is 0.467. The number of carboxylic acid groups (broad SMARTS) is 1. The molecule has 7 nitrogen and oxygen atoms in total. The summed E-state index contributed by atoms with van der Waals surface area (Å²) >= 11 is 0.905. The first-order valence-electron chi connectivity index (χ1n) is 5.37. The third kappa shape index (κ3) is 4.84.